The second kappa shape index (κ2) is 7.22. The number of hydrogen-bond acceptors (Lipinski definition) is 6. The van der Waals surface area contributed by atoms with Crippen LogP contribution in [0.5, 0.6) is 5.88 Å². The molecule has 4 rings (SSSR count). The molecule has 7 heteroatoms. The maximum Gasteiger partial charge on any atom is 0.230 e. The Kier molecular flexibility index (Phi) is 4.92. The number of aliphatic hydroxyl groups is 1. The minimum absolute atomic E-state index is 0.0625. The molecule has 2 N–H and O–H groups in total. The fourth-order valence-corrected chi connectivity index (χ4v) is 4.92. The smallest absolute Gasteiger partial charge is 0.230 e. The number of likely N-dealkylation sites (tertiary alicyclic amines) is 1. The molecule has 0 spiro atoms. The summed E-state index contributed by atoms with van der Waals surface area (Å²) in [6.07, 6.45) is 1.27. The molecule has 0 radical (unpaired) electrons. The Bertz CT molecular complexity index is 924. The predicted molar refractivity (Wildman–Crippen MR) is 106 cm³/mol. The van der Waals surface area contributed by atoms with E-state index in [2.05, 4.69) is 53.1 Å². The van der Waals surface area contributed by atoms with Gasteiger partial charge in [0, 0.05) is 13.1 Å². The molecular formula is C20H26N4O2S. The van der Waals surface area contributed by atoms with Gasteiger partial charge in [-0.3, -0.25) is 4.90 Å². The van der Waals surface area contributed by atoms with Crippen molar-refractivity contribution < 1.29 is 10.2 Å². The number of aryl methyl sites for hydroxylation is 1. The minimum atomic E-state index is -0.233. The first kappa shape index (κ1) is 18.4. The maximum absolute atomic E-state index is 10.9. The van der Waals surface area contributed by atoms with E-state index < -0.39 is 0 Å². The molecule has 0 aliphatic carbocycles. The SMILES string of the molecule is Cc1nc2sc(C(c3ccc(C(C)C)cc3)N3CCC(O)CC3)c(O)n2n1. The first-order valence-electron chi connectivity index (χ1n) is 9.51. The van der Waals surface area contributed by atoms with Gasteiger partial charge in [0.2, 0.25) is 10.8 Å². The standard InChI is InChI=1S/C20H26N4O2S/c1-12(2)14-4-6-15(7-5-14)17(23-10-8-16(25)9-11-23)18-19(26)24-20(27-18)21-13(3)22-24/h4-7,12,16-17,25-26H,8-11H2,1-3H3. The van der Waals surface area contributed by atoms with Crippen LogP contribution < -0.4 is 0 Å². The summed E-state index contributed by atoms with van der Waals surface area (Å²) in [5.41, 5.74) is 2.45. The van der Waals surface area contributed by atoms with Gasteiger partial charge in [-0.15, -0.1) is 5.10 Å². The van der Waals surface area contributed by atoms with Crippen molar-refractivity contribution in [2.75, 3.05) is 13.1 Å². The molecule has 3 heterocycles. The zero-order valence-electron chi connectivity index (χ0n) is 16.0. The van der Waals surface area contributed by atoms with E-state index in [1.807, 2.05) is 6.92 Å². The quantitative estimate of drug-likeness (QED) is 0.718. The van der Waals surface area contributed by atoms with E-state index in [0.717, 1.165) is 36.4 Å². The molecule has 1 aromatic carbocycles. The molecule has 3 aromatic rings. The van der Waals surface area contributed by atoms with Gasteiger partial charge in [-0.25, -0.2) is 4.98 Å². The van der Waals surface area contributed by atoms with E-state index in [1.54, 1.807) is 0 Å². The highest BCUT2D eigenvalue weighted by molar-refractivity contribution is 7.17. The van der Waals surface area contributed by atoms with Gasteiger partial charge in [-0.1, -0.05) is 49.4 Å². The first-order valence-corrected chi connectivity index (χ1v) is 10.3. The molecule has 1 aliphatic rings. The largest absolute Gasteiger partial charge is 0.492 e. The number of piperidine rings is 1. The fourth-order valence-electron chi connectivity index (χ4n) is 3.76. The van der Waals surface area contributed by atoms with Gasteiger partial charge < -0.3 is 10.2 Å². The number of aromatic hydroxyl groups is 1. The molecule has 27 heavy (non-hydrogen) atoms. The van der Waals surface area contributed by atoms with Crippen molar-refractivity contribution in [1.29, 1.82) is 0 Å². The highest BCUT2D eigenvalue weighted by Gasteiger charge is 2.31. The summed E-state index contributed by atoms with van der Waals surface area (Å²) in [6.45, 7) is 7.79. The van der Waals surface area contributed by atoms with E-state index in [0.29, 0.717) is 16.7 Å². The number of hydrogen-bond donors (Lipinski definition) is 2. The van der Waals surface area contributed by atoms with E-state index in [9.17, 15) is 10.2 Å². The Hall–Kier alpha value is -1.96. The third-order valence-electron chi connectivity index (χ3n) is 5.34. The monoisotopic (exact) mass is 386 g/mol. The number of aromatic nitrogens is 3. The first-order chi connectivity index (χ1) is 12.9. The molecule has 1 saturated heterocycles. The van der Waals surface area contributed by atoms with Crippen LogP contribution in [0.1, 0.15) is 60.5 Å². The molecule has 0 saturated carbocycles. The molecule has 2 aromatic heterocycles. The average molecular weight is 387 g/mol. The van der Waals surface area contributed by atoms with Crippen molar-refractivity contribution in [3.05, 3.63) is 46.1 Å². The van der Waals surface area contributed by atoms with Crippen LogP contribution in [-0.2, 0) is 0 Å². The van der Waals surface area contributed by atoms with Crippen LogP contribution in [0, 0.1) is 6.92 Å². The lowest BCUT2D eigenvalue weighted by molar-refractivity contribution is 0.0689. The van der Waals surface area contributed by atoms with Crippen LogP contribution in [0.3, 0.4) is 0 Å². The minimum Gasteiger partial charge on any atom is -0.492 e. The Morgan fingerprint density at radius 2 is 1.74 bits per heavy atom. The van der Waals surface area contributed by atoms with Gasteiger partial charge in [-0.2, -0.15) is 4.52 Å². The Labute approximate surface area is 163 Å². The number of nitrogens with zero attached hydrogens (tertiary/aromatic N) is 4. The van der Waals surface area contributed by atoms with Gasteiger partial charge in [-0.05, 0) is 36.8 Å². The third kappa shape index (κ3) is 3.47. The molecule has 1 unspecified atom stereocenters. The van der Waals surface area contributed by atoms with Crippen molar-refractivity contribution >= 4 is 16.3 Å². The summed E-state index contributed by atoms with van der Waals surface area (Å²) in [7, 11) is 0. The number of benzene rings is 1. The number of rotatable bonds is 4. The van der Waals surface area contributed by atoms with Crippen molar-refractivity contribution in [1.82, 2.24) is 19.5 Å². The molecular weight excluding hydrogens is 360 g/mol. The third-order valence-corrected chi connectivity index (χ3v) is 6.41. The Morgan fingerprint density at radius 1 is 1.11 bits per heavy atom. The molecule has 1 atom stereocenters. The summed E-state index contributed by atoms with van der Waals surface area (Å²) >= 11 is 1.49. The second-order valence-corrected chi connectivity index (χ2v) is 8.64. The van der Waals surface area contributed by atoms with Crippen molar-refractivity contribution in [3.63, 3.8) is 0 Å². The second-order valence-electron chi connectivity index (χ2n) is 7.63. The fraction of sp³-hybridized carbons (Fsp3) is 0.500. The van der Waals surface area contributed by atoms with Crippen LogP contribution in [0.25, 0.3) is 4.96 Å². The van der Waals surface area contributed by atoms with Gasteiger partial charge in [0.25, 0.3) is 0 Å². The predicted octanol–water partition coefficient (Wildman–Crippen LogP) is 3.47. The summed E-state index contributed by atoms with van der Waals surface area (Å²) in [5.74, 6) is 1.30. The van der Waals surface area contributed by atoms with E-state index in [4.69, 9.17) is 0 Å². The van der Waals surface area contributed by atoms with Crippen LogP contribution in [-0.4, -0.2) is 48.9 Å². The van der Waals surface area contributed by atoms with Gasteiger partial charge in [0.05, 0.1) is 17.0 Å². The van der Waals surface area contributed by atoms with Crippen molar-refractivity contribution in [2.45, 2.75) is 51.7 Å². The normalized spacial score (nSPS) is 17.8. The van der Waals surface area contributed by atoms with Crippen molar-refractivity contribution in [2.24, 2.45) is 0 Å². The molecule has 6 nitrogen and oxygen atoms in total. The van der Waals surface area contributed by atoms with Gasteiger partial charge in [0.15, 0.2) is 0 Å². The number of fused-ring (bicyclic) bond motifs is 1. The van der Waals surface area contributed by atoms with Gasteiger partial charge >= 0.3 is 0 Å². The van der Waals surface area contributed by atoms with Crippen LogP contribution in [0.15, 0.2) is 24.3 Å². The summed E-state index contributed by atoms with van der Waals surface area (Å²) < 4.78 is 1.53. The van der Waals surface area contributed by atoms with E-state index >= 15 is 0 Å². The van der Waals surface area contributed by atoms with Crippen molar-refractivity contribution in [3.8, 4) is 5.88 Å². The molecule has 1 aliphatic heterocycles. The Morgan fingerprint density at radius 3 is 2.33 bits per heavy atom. The topological polar surface area (TPSA) is 73.9 Å². The van der Waals surface area contributed by atoms with Crippen LogP contribution in [0.2, 0.25) is 0 Å². The lowest BCUT2D eigenvalue weighted by Crippen LogP contribution is -2.38. The van der Waals surface area contributed by atoms with Gasteiger partial charge in [0.1, 0.15) is 5.82 Å². The summed E-state index contributed by atoms with van der Waals surface area (Å²) in [5, 5.41) is 25.1. The highest BCUT2D eigenvalue weighted by Crippen LogP contribution is 2.41. The Balaban J connectivity index is 1.77. The lowest BCUT2D eigenvalue weighted by atomic mass is 9.96. The van der Waals surface area contributed by atoms with Crippen LogP contribution in [0.4, 0.5) is 0 Å². The highest BCUT2D eigenvalue weighted by atomic mass is 32.1. The number of thiazole rings is 1. The van der Waals surface area contributed by atoms with E-state index in [1.165, 1.54) is 21.4 Å². The molecule has 0 amide bonds. The zero-order valence-corrected chi connectivity index (χ0v) is 16.8. The number of aliphatic hydroxyl groups excluding tert-OH is 1. The van der Waals surface area contributed by atoms with Crippen LogP contribution >= 0.6 is 11.3 Å². The molecule has 144 valence electrons. The van der Waals surface area contributed by atoms with E-state index in [-0.39, 0.29) is 18.0 Å². The lowest BCUT2D eigenvalue weighted by Gasteiger charge is -2.36. The zero-order chi connectivity index (χ0) is 19.1. The average Bonchev–Trinajstić information content (AvgIpc) is 3.15. The molecule has 0 bridgehead atoms. The summed E-state index contributed by atoms with van der Waals surface area (Å²) in [4.78, 5) is 8.33. The maximum atomic E-state index is 10.9. The summed E-state index contributed by atoms with van der Waals surface area (Å²) in [6, 6.07) is 8.60. The molecule has 1 fully saturated rings.